The minimum absolute atomic E-state index is 0.0435. The van der Waals surface area contributed by atoms with Crippen molar-refractivity contribution in [3.05, 3.63) is 108 Å². The minimum atomic E-state index is -0.963. The van der Waals surface area contributed by atoms with Crippen molar-refractivity contribution in [2.45, 2.75) is 149 Å². The van der Waals surface area contributed by atoms with Gasteiger partial charge in [0.25, 0.3) is 5.91 Å². The number of esters is 1. The fourth-order valence-corrected chi connectivity index (χ4v) is 8.73. The number of carbonyl (C=O) groups excluding carboxylic acids is 6. The molecule has 0 bridgehead atoms. The Hall–Kier alpha value is -6.87. The zero-order valence-corrected chi connectivity index (χ0v) is 48.2. The van der Waals surface area contributed by atoms with Crippen molar-refractivity contribution in [2.75, 3.05) is 42.6 Å². The van der Waals surface area contributed by atoms with Gasteiger partial charge in [0.05, 0.1) is 70.1 Å². The van der Waals surface area contributed by atoms with Gasteiger partial charge in [-0.15, -0.1) is 0 Å². The van der Waals surface area contributed by atoms with E-state index in [0.717, 1.165) is 48.1 Å². The highest BCUT2D eigenvalue weighted by molar-refractivity contribution is 5.97. The van der Waals surface area contributed by atoms with Gasteiger partial charge in [-0.05, 0) is 72.1 Å². The van der Waals surface area contributed by atoms with Gasteiger partial charge in [0.1, 0.15) is 28.9 Å². The number of methoxy groups -OCH3 is 5. The summed E-state index contributed by atoms with van der Waals surface area (Å²) in [6.07, 6.45) is 5.44. The molecule has 1 aliphatic carbocycles. The summed E-state index contributed by atoms with van der Waals surface area (Å²) >= 11 is 0. The summed E-state index contributed by atoms with van der Waals surface area (Å²) in [6, 6.07) is 22.4. The van der Waals surface area contributed by atoms with Crippen LogP contribution in [0, 0.1) is 17.8 Å². The number of Topliss-reactive ketones (excluding diaryl/α,β-unsaturated/α-hetero) is 1. The largest absolute Gasteiger partial charge is 0.496 e. The Bertz CT molecular complexity index is 2490. The Labute approximate surface area is 466 Å². The molecule has 0 radical (unpaired) electrons. The standard InChI is InChI=1S/C28H39N3O6.C18H27NO5.C13H20N2O3/c1-19(35-3)22(28(34)31(2)18-21-12-8-9-13-25(21)36-4)17-24(32)23(16-20-10-6-5-7-11-20)30-27(33)26-14-15-29-37-26;1-12(20)14(10-16(21)24-18(2,3)4)17(22)19-11-13-8-6-7-9-15(13)23-5;1-9(17-2)12(14)13(16)15-8-10-6-4-5-7-11(10)18-3/h8-9,12-15,19-20,22-23H,5-7,10-11,16-18H2,1-4H3,(H,30,33);6-9,12,14,20H,10-11H2,1-5H3,(H,19,22);4-7,9,12H,8,14H2,1-3H3,(H,15,16)/t19-,22+,23+;12-,14+;9-,12+/m111/s1. The number of nitrogens with two attached hydrogens (primary N) is 1. The van der Waals surface area contributed by atoms with Crippen LogP contribution >= 0.6 is 0 Å². The van der Waals surface area contributed by atoms with Gasteiger partial charge in [-0.2, -0.15) is 0 Å². The molecule has 20 heteroatoms. The predicted molar refractivity (Wildman–Crippen MR) is 298 cm³/mol. The summed E-state index contributed by atoms with van der Waals surface area (Å²) in [5.74, 6) is -1.10. The molecule has 0 saturated heterocycles. The Balaban J connectivity index is 0.000000336. The lowest BCUT2D eigenvalue weighted by molar-refractivity contribution is -0.158. The number of aromatic nitrogens is 1. The van der Waals surface area contributed by atoms with Crippen molar-refractivity contribution in [1.29, 1.82) is 0 Å². The van der Waals surface area contributed by atoms with Crippen molar-refractivity contribution in [3.8, 4) is 17.2 Å². The number of nitrogens with one attached hydrogen (secondary N) is 3. The van der Waals surface area contributed by atoms with Gasteiger partial charge in [0.2, 0.25) is 23.5 Å². The molecule has 1 aliphatic rings. The van der Waals surface area contributed by atoms with Crippen molar-refractivity contribution in [3.63, 3.8) is 0 Å². The Morgan fingerprint density at radius 1 is 0.709 bits per heavy atom. The van der Waals surface area contributed by atoms with Crippen LogP contribution in [-0.4, -0.2) is 129 Å². The molecule has 4 aromatic rings. The molecule has 5 rings (SSSR count). The maximum atomic E-state index is 13.6. The van der Waals surface area contributed by atoms with Crippen LogP contribution in [0.1, 0.15) is 120 Å². The van der Waals surface area contributed by atoms with E-state index in [9.17, 15) is 33.9 Å². The first-order valence-electron chi connectivity index (χ1n) is 26.7. The van der Waals surface area contributed by atoms with Crippen LogP contribution in [0.4, 0.5) is 0 Å². The van der Waals surface area contributed by atoms with Gasteiger partial charge < -0.3 is 64.6 Å². The molecule has 1 saturated carbocycles. The van der Waals surface area contributed by atoms with Crippen LogP contribution in [0.2, 0.25) is 0 Å². The van der Waals surface area contributed by atoms with Crippen molar-refractivity contribution in [2.24, 2.45) is 23.5 Å². The van der Waals surface area contributed by atoms with E-state index in [1.54, 1.807) is 74.0 Å². The quantitative estimate of drug-likeness (QED) is 0.0408. The number of amides is 4. The van der Waals surface area contributed by atoms with Gasteiger partial charge in [0.15, 0.2) is 5.78 Å². The highest BCUT2D eigenvalue weighted by atomic mass is 16.6. The summed E-state index contributed by atoms with van der Waals surface area (Å²) in [4.78, 5) is 77.5. The lowest BCUT2D eigenvalue weighted by atomic mass is 9.82. The van der Waals surface area contributed by atoms with E-state index in [2.05, 4.69) is 21.1 Å². The molecule has 0 unspecified atom stereocenters. The Morgan fingerprint density at radius 3 is 1.70 bits per heavy atom. The lowest BCUT2D eigenvalue weighted by Gasteiger charge is -2.30. The van der Waals surface area contributed by atoms with Crippen LogP contribution in [-0.2, 0) is 57.8 Å². The molecule has 0 aliphatic heterocycles. The van der Waals surface area contributed by atoms with Gasteiger partial charge in [0, 0.05) is 70.1 Å². The van der Waals surface area contributed by atoms with Crippen LogP contribution in [0.5, 0.6) is 17.2 Å². The van der Waals surface area contributed by atoms with Gasteiger partial charge >= 0.3 is 5.97 Å². The third-order valence-electron chi connectivity index (χ3n) is 13.5. The SMILES string of the molecule is COc1ccccc1CN(C)C(=O)[C@@H](CC(=O)[C@H](CC1CCCCC1)NC(=O)c1ccno1)[C@@H](C)OC.COc1ccccc1CNC(=O)[C@@H](CC(=O)OC(C)(C)C)[C@@H](C)O.COc1ccccc1CNC(=O)[C@@H](N)[C@@H](C)OC. The molecule has 436 valence electrons. The summed E-state index contributed by atoms with van der Waals surface area (Å²) in [5.41, 5.74) is 7.70. The Morgan fingerprint density at radius 2 is 1.22 bits per heavy atom. The van der Waals surface area contributed by atoms with E-state index >= 15 is 0 Å². The van der Waals surface area contributed by atoms with E-state index in [1.165, 1.54) is 39.8 Å². The molecule has 4 amide bonds. The molecule has 20 nitrogen and oxygen atoms in total. The fourth-order valence-electron chi connectivity index (χ4n) is 8.73. The summed E-state index contributed by atoms with van der Waals surface area (Å²) in [5, 5.41) is 21.8. The van der Waals surface area contributed by atoms with E-state index in [4.69, 9.17) is 38.7 Å². The first-order valence-corrected chi connectivity index (χ1v) is 26.7. The van der Waals surface area contributed by atoms with E-state index < -0.39 is 59.5 Å². The zero-order chi connectivity index (χ0) is 58.7. The predicted octanol–water partition coefficient (Wildman–Crippen LogP) is 6.73. The third-order valence-corrected chi connectivity index (χ3v) is 13.5. The number of aliphatic hydroxyl groups is 1. The van der Waals surface area contributed by atoms with Gasteiger partial charge in [-0.1, -0.05) is 91.9 Å². The van der Waals surface area contributed by atoms with Gasteiger partial charge in [-0.25, -0.2) is 0 Å². The second-order valence-electron chi connectivity index (χ2n) is 20.5. The van der Waals surface area contributed by atoms with Crippen molar-refractivity contribution < 1.29 is 66.8 Å². The van der Waals surface area contributed by atoms with Crippen LogP contribution < -0.4 is 35.9 Å². The second kappa shape index (κ2) is 34.2. The van der Waals surface area contributed by atoms with Crippen molar-refractivity contribution in [1.82, 2.24) is 26.0 Å². The molecular weight excluding hydrogens is 1020 g/mol. The van der Waals surface area contributed by atoms with Crippen molar-refractivity contribution >= 4 is 35.4 Å². The van der Waals surface area contributed by atoms with E-state index in [-0.39, 0.29) is 48.8 Å². The maximum Gasteiger partial charge on any atom is 0.307 e. The first kappa shape index (κ1) is 66.4. The molecule has 3 aromatic carbocycles. The number of nitrogens with zero attached hydrogens (tertiary/aromatic N) is 2. The zero-order valence-electron chi connectivity index (χ0n) is 48.2. The molecule has 0 spiro atoms. The molecular formula is C59H86N6O14. The summed E-state index contributed by atoms with van der Waals surface area (Å²) in [6.45, 7) is 11.3. The number of hydrogen-bond donors (Lipinski definition) is 5. The fraction of sp³-hybridized carbons (Fsp3) is 0.542. The normalized spacial score (nSPS) is 15.0. The number of ether oxygens (including phenoxy) is 6. The Kier molecular flexibility index (Phi) is 28.8. The van der Waals surface area contributed by atoms with E-state index in [1.807, 2.05) is 66.7 Å². The number of rotatable bonds is 26. The van der Waals surface area contributed by atoms with E-state index in [0.29, 0.717) is 36.9 Å². The lowest BCUT2D eigenvalue weighted by Crippen LogP contribution is -2.47. The third kappa shape index (κ3) is 22.8. The number of para-hydroxylation sites is 3. The average molecular weight is 1100 g/mol. The number of hydrogen-bond acceptors (Lipinski definition) is 16. The van der Waals surface area contributed by atoms with Gasteiger partial charge in [-0.3, -0.25) is 28.8 Å². The van der Waals surface area contributed by atoms with Crippen LogP contribution in [0.15, 0.2) is 89.6 Å². The summed E-state index contributed by atoms with van der Waals surface area (Å²) in [7, 11) is 9.51. The molecule has 7 atom stereocenters. The number of carbonyl (C=O) groups is 6. The minimum Gasteiger partial charge on any atom is -0.496 e. The highest BCUT2D eigenvalue weighted by Gasteiger charge is 2.35. The molecule has 6 N–H and O–H groups in total. The number of ketones is 1. The average Bonchev–Trinajstić information content (AvgIpc) is 4.00. The first-order chi connectivity index (χ1) is 37.6. The molecule has 79 heavy (non-hydrogen) atoms. The smallest absolute Gasteiger partial charge is 0.307 e. The monoisotopic (exact) mass is 1100 g/mol. The maximum absolute atomic E-state index is 13.6. The summed E-state index contributed by atoms with van der Waals surface area (Å²) < 4.78 is 36.6. The van der Waals surface area contributed by atoms with Crippen LogP contribution in [0.3, 0.4) is 0 Å². The molecule has 1 heterocycles. The number of benzene rings is 3. The highest BCUT2D eigenvalue weighted by Crippen LogP contribution is 2.29. The molecule has 1 aromatic heterocycles. The molecule has 1 fully saturated rings. The number of aliphatic hydroxyl groups excluding tert-OH is 1. The van der Waals surface area contributed by atoms with Crippen LogP contribution in [0.25, 0.3) is 0 Å². The topological polar surface area (TPSA) is 269 Å². The second-order valence-corrected chi connectivity index (χ2v) is 20.5.